The molecule has 4 heterocycles. The van der Waals surface area contributed by atoms with Gasteiger partial charge in [0.2, 0.25) is 0 Å². The molecule has 0 saturated heterocycles. The third kappa shape index (κ3) is 5.89. The Kier molecular flexibility index (Phi) is 8.19. The zero-order valence-corrected chi connectivity index (χ0v) is 35.4. The van der Waals surface area contributed by atoms with Crippen LogP contribution in [0.4, 0.5) is 17.1 Å². The number of hydrogen-bond donors (Lipinski definition) is 0. The highest BCUT2D eigenvalue weighted by Gasteiger charge is 2.20. The molecule has 9 aromatic carbocycles. The van der Waals surface area contributed by atoms with Crippen molar-refractivity contribution in [1.29, 1.82) is 0 Å². The second-order valence-electron chi connectivity index (χ2n) is 15.9. The van der Waals surface area contributed by atoms with E-state index >= 15 is 0 Å². The van der Waals surface area contributed by atoms with Crippen LogP contribution in [0.2, 0.25) is 0 Å². The largest absolute Gasteiger partial charge is 0.310 e. The van der Waals surface area contributed by atoms with Crippen molar-refractivity contribution < 1.29 is 0 Å². The SMILES string of the molecule is c1ccc(N(c2ccc3nc(-c4ccc5nc(-c6ccc7c(c6)c6ccccc6n7-c6ccccc6)sc5c4)sc3c2)c2ccc3c(c2)c2ccccc2n3-c2ccccc2)cc1. The molecule has 0 atom stereocenters. The highest BCUT2D eigenvalue weighted by atomic mass is 32.1. The molecule has 4 aromatic heterocycles. The molecule has 0 radical (unpaired) electrons. The molecule has 0 spiro atoms. The first-order valence-corrected chi connectivity index (χ1v) is 22.7. The number of hydrogen-bond acceptors (Lipinski definition) is 5. The third-order valence-electron chi connectivity index (χ3n) is 12.1. The number of nitrogens with zero attached hydrogens (tertiary/aromatic N) is 5. The van der Waals surface area contributed by atoms with Crippen molar-refractivity contribution in [2.24, 2.45) is 0 Å². The molecule has 63 heavy (non-hydrogen) atoms. The van der Waals surface area contributed by atoms with Crippen LogP contribution in [0.3, 0.4) is 0 Å². The number of anilines is 3. The topological polar surface area (TPSA) is 38.9 Å². The quantitative estimate of drug-likeness (QED) is 0.160. The second-order valence-corrected chi connectivity index (χ2v) is 17.9. The van der Waals surface area contributed by atoms with E-state index in [2.05, 4.69) is 226 Å². The Bertz CT molecular complexity index is 3860. The summed E-state index contributed by atoms with van der Waals surface area (Å²) < 4.78 is 7.00. The summed E-state index contributed by atoms with van der Waals surface area (Å²) in [6.07, 6.45) is 0. The standard InChI is InChI=1S/C56H35N5S2/c1-4-14-38(15-5-1)59(41-27-31-52-46(34-41)44-21-11-13-23-50(44)61(52)40-18-8-3-9-19-40)42-26-29-48-54(35-42)63-56(58-48)37-24-28-47-53(33-37)62-55(57-47)36-25-30-51-45(32-36)43-20-10-12-22-49(43)60(51)39-16-6-2-7-17-39/h1-35H. The average Bonchev–Trinajstić information content (AvgIpc) is 4.13. The lowest BCUT2D eigenvalue weighted by atomic mass is 10.1. The molecule has 0 aliphatic carbocycles. The van der Waals surface area contributed by atoms with E-state index in [0.29, 0.717) is 0 Å². The lowest BCUT2D eigenvalue weighted by Gasteiger charge is -2.25. The fourth-order valence-corrected chi connectivity index (χ4v) is 11.3. The number of para-hydroxylation sites is 5. The molecule has 7 heteroatoms. The minimum Gasteiger partial charge on any atom is -0.310 e. The maximum absolute atomic E-state index is 5.18. The lowest BCUT2D eigenvalue weighted by molar-refractivity contribution is 1.18. The Balaban J connectivity index is 0.868. The first-order valence-electron chi connectivity index (χ1n) is 21.1. The van der Waals surface area contributed by atoms with E-state index in [-0.39, 0.29) is 0 Å². The normalized spacial score (nSPS) is 11.8. The molecule has 0 amide bonds. The number of rotatable bonds is 7. The molecule has 0 saturated carbocycles. The zero-order valence-electron chi connectivity index (χ0n) is 33.8. The average molecular weight is 842 g/mol. The van der Waals surface area contributed by atoms with Gasteiger partial charge >= 0.3 is 0 Å². The maximum atomic E-state index is 5.18. The Hall–Kier alpha value is -7.84. The number of thiazole rings is 2. The third-order valence-corrected chi connectivity index (χ3v) is 14.3. The lowest BCUT2D eigenvalue weighted by Crippen LogP contribution is -2.09. The van der Waals surface area contributed by atoms with Gasteiger partial charge in [0, 0.05) is 61.1 Å². The highest BCUT2D eigenvalue weighted by molar-refractivity contribution is 7.22. The van der Waals surface area contributed by atoms with Crippen LogP contribution in [0.5, 0.6) is 0 Å². The molecular formula is C56H35N5S2. The molecular weight excluding hydrogens is 807 g/mol. The molecule has 5 nitrogen and oxygen atoms in total. The van der Waals surface area contributed by atoms with E-state index in [1.807, 2.05) is 0 Å². The van der Waals surface area contributed by atoms with Crippen molar-refractivity contribution in [1.82, 2.24) is 19.1 Å². The van der Waals surface area contributed by atoms with Gasteiger partial charge in [-0.05, 0) is 121 Å². The van der Waals surface area contributed by atoms with Gasteiger partial charge in [-0.25, -0.2) is 9.97 Å². The minimum atomic E-state index is 0.987. The van der Waals surface area contributed by atoms with E-state index in [1.165, 1.54) is 43.6 Å². The van der Waals surface area contributed by atoms with Crippen molar-refractivity contribution in [2.75, 3.05) is 4.90 Å². The van der Waals surface area contributed by atoms with Crippen LogP contribution in [0.25, 0.3) is 96.6 Å². The molecule has 0 unspecified atom stereocenters. The van der Waals surface area contributed by atoms with Crippen molar-refractivity contribution in [3.8, 4) is 32.5 Å². The Morgan fingerprint density at radius 3 is 1.41 bits per heavy atom. The Morgan fingerprint density at radius 2 is 0.778 bits per heavy atom. The predicted molar refractivity (Wildman–Crippen MR) is 267 cm³/mol. The molecule has 296 valence electrons. The van der Waals surface area contributed by atoms with Crippen LogP contribution in [0.1, 0.15) is 0 Å². The van der Waals surface area contributed by atoms with Crippen molar-refractivity contribution in [3.05, 3.63) is 212 Å². The van der Waals surface area contributed by atoms with E-state index in [0.717, 1.165) is 70.0 Å². The van der Waals surface area contributed by atoms with Gasteiger partial charge in [-0.2, -0.15) is 0 Å². The summed E-state index contributed by atoms with van der Waals surface area (Å²) >= 11 is 3.47. The van der Waals surface area contributed by atoms with Gasteiger partial charge in [0.1, 0.15) is 10.0 Å². The van der Waals surface area contributed by atoms with Crippen molar-refractivity contribution in [2.45, 2.75) is 0 Å². The summed E-state index contributed by atoms with van der Waals surface area (Å²) in [5.74, 6) is 0. The zero-order chi connectivity index (χ0) is 41.4. The molecule has 0 fully saturated rings. The Morgan fingerprint density at radius 1 is 0.333 bits per heavy atom. The van der Waals surface area contributed by atoms with E-state index in [4.69, 9.17) is 9.97 Å². The van der Waals surface area contributed by atoms with Gasteiger partial charge in [-0.3, -0.25) is 0 Å². The molecule has 0 aliphatic rings. The van der Waals surface area contributed by atoms with Gasteiger partial charge in [-0.15, -0.1) is 22.7 Å². The summed E-state index contributed by atoms with van der Waals surface area (Å²) in [6, 6.07) is 76.1. The van der Waals surface area contributed by atoms with Gasteiger partial charge in [0.05, 0.1) is 42.5 Å². The van der Waals surface area contributed by atoms with Crippen LogP contribution < -0.4 is 4.90 Å². The predicted octanol–water partition coefficient (Wildman–Crippen LogP) is 15.9. The highest BCUT2D eigenvalue weighted by Crippen LogP contribution is 2.43. The van der Waals surface area contributed by atoms with Crippen molar-refractivity contribution in [3.63, 3.8) is 0 Å². The maximum Gasteiger partial charge on any atom is 0.124 e. The molecule has 13 rings (SSSR count). The van der Waals surface area contributed by atoms with Crippen LogP contribution in [-0.2, 0) is 0 Å². The summed E-state index contributed by atoms with van der Waals surface area (Å²) in [7, 11) is 0. The monoisotopic (exact) mass is 841 g/mol. The first-order chi connectivity index (χ1) is 31.2. The summed E-state index contributed by atoms with van der Waals surface area (Å²) in [5.41, 5.74) is 14.6. The summed E-state index contributed by atoms with van der Waals surface area (Å²) in [6.45, 7) is 0. The van der Waals surface area contributed by atoms with Crippen molar-refractivity contribution >= 4 is 104 Å². The van der Waals surface area contributed by atoms with E-state index in [1.54, 1.807) is 22.7 Å². The first kappa shape index (κ1) is 35.9. The van der Waals surface area contributed by atoms with Crippen LogP contribution in [0, 0.1) is 0 Å². The Labute approximate surface area is 370 Å². The minimum absolute atomic E-state index is 0.987. The number of aromatic nitrogens is 4. The van der Waals surface area contributed by atoms with Crippen LogP contribution >= 0.6 is 22.7 Å². The number of fused-ring (bicyclic) bond motifs is 8. The van der Waals surface area contributed by atoms with E-state index in [9.17, 15) is 0 Å². The van der Waals surface area contributed by atoms with Gasteiger partial charge in [0.25, 0.3) is 0 Å². The second kappa shape index (κ2) is 14.4. The molecule has 0 N–H and O–H groups in total. The van der Waals surface area contributed by atoms with Gasteiger partial charge < -0.3 is 14.0 Å². The van der Waals surface area contributed by atoms with E-state index < -0.39 is 0 Å². The van der Waals surface area contributed by atoms with Crippen LogP contribution in [-0.4, -0.2) is 19.1 Å². The van der Waals surface area contributed by atoms with Gasteiger partial charge in [-0.1, -0.05) is 91.0 Å². The molecule has 0 aliphatic heterocycles. The fraction of sp³-hybridized carbons (Fsp3) is 0. The molecule has 13 aromatic rings. The fourth-order valence-electron chi connectivity index (χ4n) is 9.30. The summed E-state index contributed by atoms with van der Waals surface area (Å²) in [5, 5.41) is 6.91. The molecule has 0 bridgehead atoms. The summed E-state index contributed by atoms with van der Waals surface area (Å²) in [4.78, 5) is 12.7. The van der Waals surface area contributed by atoms with Crippen LogP contribution in [0.15, 0.2) is 212 Å². The van der Waals surface area contributed by atoms with Gasteiger partial charge in [0.15, 0.2) is 0 Å². The smallest absolute Gasteiger partial charge is 0.124 e. The number of benzene rings is 9.